The highest BCUT2D eigenvalue weighted by Crippen LogP contribution is 2.41. The summed E-state index contributed by atoms with van der Waals surface area (Å²) in [7, 11) is -2.01. The highest BCUT2D eigenvalue weighted by Gasteiger charge is 2.15. The van der Waals surface area contributed by atoms with Crippen LogP contribution in [-0.2, 0) is 9.09 Å². The molecular formula is C9H22NO3P. The second-order valence-corrected chi connectivity index (χ2v) is 6.51. The zero-order chi connectivity index (χ0) is 11.2. The second kappa shape index (κ2) is 5.86. The third-order valence-corrected chi connectivity index (χ3v) is 3.26. The van der Waals surface area contributed by atoms with Crippen molar-refractivity contribution in [2.75, 3.05) is 19.8 Å². The molecule has 0 bridgehead atoms. The van der Waals surface area contributed by atoms with Gasteiger partial charge in [-0.25, -0.2) is 0 Å². The number of hydrogen-bond acceptors (Lipinski definition) is 3. The van der Waals surface area contributed by atoms with Gasteiger partial charge in [-0.05, 0) is 40.2 Å². The van der Waals surface area contributed by atoms with Gasteiger partial charge in [0.2, 0.25) is 0 Å². The van der Waals surface area contributed by atoms with E-state index in [4.69, 9.17) is 4.89 Å². The Labute approximate surface area is 86.6 Å². The molecule has 0 aromatic rings. The molecule has 0 spiro atoms. The maximum Gasteiger partial charge on any atom is 0.327 e. The van der Waals surface area contributed by atoms with E-state index < -0.39 is 7.60 Å². The predicted octanol–water partition coefficient (Wildman–Crippen LogP) is 1.99. The molecule has 0 aromatic carbocycles. The molecule has 0 aliphatic heterocycles. The average Bonchev–Trinajstić information content (AvgIpc) is 2.01. The maximum atomic E-state index is 11.1. The lowest BCUT2D eigenvalue weighted by molar-refractivity contribution is 0.314. The summed E-state index contributed by atoms with van der Waals surface area (Å²) < 4.78 is 15.5. The third-order valence-electron chi connectivity index (χ3n) is 1.81. The van der Waals surface area contributed by atoms with Crippen LogP contribution in [0.5, 0.6) is 0 Å². The summed E-state index contributed by atoms with van der Waals surface area (Å²) in [6.45, 7) is 7.16. The van der Waals surface area contributed by atoms with Gasteiger partial charge in [-0.2, -0.15) is 0 Å². The normalized spacial score (nSPS) is 16.6. The van der Waals surface area contributed by atoms with Gasteiger partial charge in [0.05, 0.1) is 6.16 Å². The number of nitrogens with one attached hydrogen (secondary N) is 1. The first kappa shape index (κ1) is 14.1. The van der Waals surface area contributed by atoms with Crippen LogP contribution in [0.25, 0.3) is 0 Å². The monoisotopic (exact) mass is 223 g/mol. The Hall–Kier alpha value is 0.110. The summed E-state index contributed by atoms with van der Waals surface area (Å²) in [6.07, 6.45) is 1.85. The Balaban J connectivity index is 3.44. The lowest BCUT2D eigenvalue weighted by Gasteiger charge is -2.20. The minimum Gasteiger partial charge on any atom is -0.324 e. The fourth-order valence-corrected chi connectivity index (χ4v) is 1.80. The molecule has 2 N–H and O–H groups in total. The number of unbranched alkanes of at least 4 members (excludes halogenated alkanes) is 1. The third kappa shape index (κ3) is 8.70. The average molecular weight is 223 g/mol. The van der Waals surface area contributed by atoms with Gasteiger partial charge in [-0.3, -0.25) is 4.57 Å². The van der Waals surface area contributed by atoms with E-state index in [-0.39, 0.29) is 11.7 Å². The zero-order valence-electron chi connectivity index (χ0n) is 9.54. The van der Waals surface area contributed by atoms with Gasteiger partial charge < -0.3 is 14.7 Å². The van der Waals surface area contributed by atoms with E-state index in [9.17, 15) is 4.57 Å². The molecule has 1 unspecified atom stereocenters. The Kier molecular flexibility index (Phi) is 5.91. The quantitative estimate of drug-likeness (QED) is 0.534. The van der Waals surface area contributed by atoms with Gasteiger partial charge in [-0.15, -0.1) is 0 Å². The predicted molar refractivity (Wildman–Crippen MR) is 58.7 cm³/mol. The van der Waals surface area contributed by atoms with Crippen molar-refractivity contribution in [1.29, 1.82) is 0 Å². The van der Waals surface area contributed by atoms with E-state index in [1.54, 1.807) is 0 Å². The zero-order valence-corrected chi connectivity index (χ0v) is 10.4. The summed E-state index contributed by atoms with van der Waals surface area (Å²) in [5, 5.41) is 3.31. The largest absolute Gasteiger partial charge is 0.327 e. The Morgan fingerprint density at radius 2 is 1.93 bits per heavy atom. The molecule has 5 heteroatoms. The molecule has 0 aromatic heterocycles. The fourth-order valence-electron chi connectivity index (χ4n) is 0.991. The van der Waals surface area contributed by atoms with E-state index in [1.165, 1.54) is 7.11 Å². The standard InChI is InChI=1S/C9H22NO3P/c1-9(2,3)10-7-5-6-8-14(11,12)13-4/h10H,5-8H2,1-4H3,(H,11,12). The molecule has 0 heterocycles. The minimum atomic E-state index is -3.28. The van der Waals surface area contributed by atoms with Crippen LogP contribution in [-0.4, -0.2) is 30.2 Å². The molecule has 4 nitrogen and oxygen atoms in total. The molecule has 14 heavy (non-hydrogen) atoms. The summed E-state index contributed by atoms with van der Waals surface area (Å²) in [5.41, 5.74) is 0.115. The molecule has 0 aliphatic carbocycles. The van der Waals surface area contributed by atoms with Crippen LogP contribution in [0.3, 0.4) is 0 Å². The number of rotatable bonds is 6. The van der Waals surface area contributed by atoms with Crippen LogP contribution >= 0.6 is 7.60 Å². The van der Waals surface area contributed by atoms with Crippen molar-refractivity contribution in [2.45, 2.75) is 39.2 Å². The summed E-state index contributed by atoms with van der Waals surface area (Å²) in [4.78, 5) is 9.10. The van der Waals surface area contributed by atoms with Crippen molar-refractivity contribution in [3.8, 4) is 0 Å². The Morgan fingerprint density at radius 3 is 2.36 bits per heavy atom. The van der Waals surface area contributed by atoms with Crippen LogP contribution in [0.4, 0.5) is 0 Å². The first-order valence-electron chi connectivity index (χ1n) is 4.89. The van der Waals surface area contributed by atoms with E-state index >= 15 is 0 Å². The first-order chi connectivity index (χ1) is 6.27. The number of hydrogen-bond donors (Lipinski definition) is 2. The lowest BCUT2D eigenvalue weighted by Crippen LogP contribution is -2.36. The van der Waals surface area contributed by atoms with Crippen LogP contribution in [0, 0.1) is 0 Å². The van der Waals surface area contributed by atoms with E-state index in [2.05, 4.69) is 30.6 Å². The summed E-state index contributed by atoms with van der Waals surface area (Å²) in [5.74, 6) is 0. The van der Waals surface area contributed by atoms with Crippen molar-refractivity contribution < 1.29 is 14.0 Å². The lowest BCUT2D eigenvalue weighted by atomic mass is 10.1. The molecule has 0 saturated heterocycles. The highest BCUT2D eigenvalue weighted by atomic mass is 31.2. The van der Waals surface area contributed by atoms with Gasteiger partial charge >= 0.3 is 7.60 Å². The van der Waals surface area contributed by atoms with E-state index in [1.807, 2.05) is 0 Å². The molecule has 0 amide bonds. The van der Waals surface area contributed by atoms with Crippen LogP contribution in [0.2, 0.25) is 0 Å². The molecule has 0 aliphatic rings. The molecule has 86 valence electrons. The summed E-state index contributed by atoms with van der Waals surface area (Å²) in [6, 6.07) is 0. The van der Waals surface area contributed by atoms with Gasteiger partial charge in [0, 0.05) is 12.6 Å². The topological polar surface area (TPSA) is 58.6 Å². The first-order valence-corrected chi connectivity index (χ1v) is 6.66. The van der Waals surface area contributed by atoms with Gasteiger partial charge in [0.15, 0.2) is 0 Å². The molecule has 0 fully saturated rings. The molecule has 0 saturated carbocycles. The van der Waals surface area contributed by atoms with Crippen molar-refractivity contribution in [1.82, 2.24) is 5.32 Å². The Morgan fingerprint density at radius 1 is 1.36 bits per heavy atom. The molecule has 0 rings (SSSR count). The highest BCUT2D eigenvalue weighted by molar-refractivity contribution is 7.52. The summed E-state index contributed by atoms with van der Waals surface area (Å²) >= 11 is 0. The van der Waals surface area contributed by atoms with Gasteiger partial charge in [-0.1, -0.05) is 0 Å². The van der Waals surface area contributed by atoms with Crippen molar-refractivity contribution in [2.24, 2.45) is 0 Å². The van der Waals surface area contributed by atoms with Gasteiger partial charge in [0.1, 0.15) is 0 Å². The smallest absolute Gasteiger partial charge is 0.324 e. The van der Waals surface area contributed by atoms with E-state index in [0.717, 1.165) is 13.0 Å². The molecule has 0 radical (unpaired) electrons. The Bertz CT molecular complexity index is 201. The SMILES string of the molecule is COP(=O)(O)CCCCNC(C)(C)C. The van der Waals surface area contributed by atoms with E-state index in [0.29, 0.717) is 6.42 Å². The fraction of sp³-hybridized carbons (Fsp3) is 1.00. The minimum absolute atomic E-state index is 0.115. The van der Waals surface area contributed by atoms with Crippen LogP contribution in [0.15, 0.2) is 0 Å². The van der Waals surface area contributed by atoms with Crippen LogP contribution in [0.1, 0.15) is 33.6 Å². The van der Waals surface area contributed by atoms with Crippen molar-refractivity contribution in [3.63, 3.8) is 0 Å². The maximum absolute atomic E-state index is 11.1. The van der Waals surface area contributed by atoms with Gasteiger partial charge in [0.25, 0.3) is 0 Å². The molecular weight excluding hydrogens is 201 g/mol. The molecule has 1 atom stereocenters. The second-order valence-electron chi connectivity index (χ2n) is 4.43. The van der Waals surface area contributed by atoms with Crippen LogP contribution < -0.4 is 5.32 Å². The van der Waals surface area contributed by atoms with Crippen molar-refractivity contribution in [3.05, 3.63) is 0 Å². The van der Waals surface area contributed by atoms with Crippen molar-refractivity contribution >= 4 is 7.60 Å².